The van der Waals surface area contributed by atoms with Crippen molar-refractivity contribution in [3.05, 3.63) is 0 Å². The molecule has 1 heterocycles. The van der Waals surface area contributed by atoms with E-state index in [4.69, 9.17) is 0 Å². The van der Waals surface area contributed by atoms with E-state index in [-0.39, 0.29) is 12.5 Å². The molecule has 1 aliphatic rings. The summed E-state index contributed by atoms with van der Waals surface area (Å²) in [6.07, 6.45) is 0.901. The summed E-state index contributed by atoms with van der Waals surface area (Å²) in [6.45, 7) is 3.38. The summed E-state index contributed by atoms with van der Waals surface area (Å²) in [6, 6.07) is 0. The summed E-state index contributed by atoms with van der Waals surface area (Å²) < 4.78 is 0. The van der Waals surface area contributed by atoms with Gasteiger partial charge < -0.3 is 9.80 Å². The minimum atomic E-state index is -0.139. The first kappa shape index (κ1) is 10.5. The van der Waals surface area contributed by atoms with Crippen LogP contribution in [0.5, 0.6) is 0 Å². The van der Waals surface area contributed by atoms with Crippen LogP contribution in [0.4, 0.5) is 0 Å². The number of nitrogens with zero attached hydrogens (tertiary/aromatic N) is 2. The predicted molar refractivity (Wildman–Crippen MR) is 48.9 cm³/mol. The Labute approximate surface area is 79.1 Å². The fourth-order valence-corrected chi connectivity index (χ4v) is 1.44. The largest absolute Gasteiger partial charge is 0.340 e. The maximum atomic E-state index is 11.4. The maximum absolute atomic E-state index is 11.4. The van der Waals surface area contributed by atoms with Crippen LogP contribution >= 0.6 is 0 Å². The van der Waals surface area contributed by atoms with Crippen molar-refractivity contribution in [1.29, 1.82) is 0 Å². The van der Waals surface area contributed by atoms with Gasteiger partial charge >= 0.3 is 0 Å². The lowest BCUT2D eigenvalue weighted by Crippen LogP contribution is -2.47. The second-order valence-corrected chi connectivity index (χ2v) is 3.49. The SMILES string of the molecule is CN1CCN(C(=O)CCC[O])CC1. The molecule has 4 heteroatoms. The Morgan fingerprint density at radius 3 is 2.38 bits per heavy atom. The highest BCUT2D eigenvalue weighted by Gasteiger charge is 2.17. The van der Waals surface area contributed by atoms with Gasteiger partial charge in [0.1, 0.15) is 0 Å². The normalized spacial score (nSPS) is 19.1. The quantitative estimate of drug-likeness (QED) is 0.619. The molecule has 1 aliphatic heterocycles. The van der Waals surface area contributed by atoms with Crippen molar-refractivity contribution in [2.24, 2.45) is 0 Å². The van der Waals surface area contributed by atoms with Gasteiger partial charge in [-0.1, -0.05) is 0 Å². The van der Waals surface area contributed by atoms with E-state index in [1.807, 2.05) is 4.90 Å². The number of likely N-dealkylation sites (N-methyl/N-ethyl adjacent to an activating group) is 1. The summed E-state index contributed by atoms with van der Waals surface area (Å²) in [4.78, 5) is 15.5. The first-order chi connectivity index (χ1) is 6.24. The van der Waals surface area contributed by atoms with Crippen LogP contribution < -0.4 is 0 Å². The Hall–Kier alpha value is -0.610. The first-order valence-electron chi connectivity index (χ1n) is 4.78. The molecular formula is C9H17N2O2. The Bertz CT molecular complexity index is 165. The molecule has 0 unspecified atom stereocenters. The molecule has 4 nitrogen and oxygen atoms in total. The third-order valence-corrected chi connectivity index (χ3v) is 2.39. The molecule has 1 rings (SSSR count). The van der Waals surface area contributed by atoms with Crippen LogP contribution in [0.1, 0.15) is 12.8 Å². The van der Waals surface area contributed by atoms with Gasteiger partial charge in [-0.3, -0.25) is 4.79 Å². The van der Waals surface area contributed by atoms with Crippen LogP contribution in [-0.4, -0.2) is 55.5 Å². The molecule has 0 aromatic heterocycles. The van der Waals surface area contributed by atoms with Crippen LogP contribution in [0.15, 0.2) is 0 Å². The average Bonchev–Trinajstić information content (AvgIpc) is 2.15. The third-order valence-electron chi connectivity index (χ3n) is 2.39. The molecule has 1 saturated heterocycles. The summed E-state index contributed by atoms with van der Waals surface area (Å²) in [5, 5.41) is 10.2. The number of rotatable bonds is 3. The fraction of sp³-hybridized carbons (Fsp3) is 0.889. The van der Waals surface area contributed by atoms with Crippen molar-refractivity contribution >= 4 is 5.91 Å². The zero-order valence-corrected chi connectivity index (χ0v) is 8.16. The van der Waals surface area contributed by atoms with E-state index >= 15 is 0 Å². The first-order valence-corrected chi connectivity index (χ1v) is 4.78. The Morgan fingerprint density at radius 1 is 1.23 bits per heavy atom. The molecule has 0 saturated carbocycles. The Kier molecular flexibility index (Phi) is 4.18. The number of carbonyl (C=O) groups excluding carboxylic acids is 1. The van der Waals surface area contributed by atoms with E-state index in [1.54, 1.807) is 0 Å². The number of carbonyl (C=O) groups is 1. The molecule has 75 valence electrons. The summed E-state index contributed by atoms with van der Waals surface area (Å²) in [5.41, 5.74) is 0. The minimum Gasteiger partial charge on any atom is -0.340 e. The molecule has 1 fully saturated rings. The molecule has 13 heavy (non-hydrogen) atoms. The lowest BCUT2D eigenvalue weighted by Gasteiger charge is -2.32. The monoisotopic (exact) mass is 185 g/mol. The highest BCUT2D eigenvalue weighted by Crippen LogP contribution is 2.02. The van der Waals surface area contributed by atoms with Crippen molar-refractivity contribution in [3.8, 4) is 0 Å². The van der Waals surface area contributed by atoms with Gasteiger partial charge in [-0.05, 0) is 13.5 Å². The van der Waals surface area contributed by atoms with Crippen LogP contribution in [0.3, 0.4) is 0 Å². The fourth-order valence-electron chi connectivity index (χ4n) is 1.44. The smallest absolute Gasteiger partial charge is 0.222 e. The summed E-state index contributed by atoms with van der Waals surface area (Å²) in [7, 11) is 2.06. The van der Waals surface area contributed by atoms with E-state index in [0.717, 1.165) is 26.2 Å². The van der Waals surface area contributed by atoms with Gasteiger partial charge in [0.05, 0.1) is 6.61 Å². The van der Waals surface area contributed by atoms with Gasteiger partial charge in [0.15, 0.2) is 0 Å². The molecular weight excluding hydrogens is 168 g/mol. The van der Waals surface area contributed by atoms with Gasteiger partial charge in [-0.15, -0.1) is 0 Å². The second-order valence-electron chi connectivity index (χ2n) is 3.49. The maximum Gasteiger partial charge on any atom is 0.222 e. The van der Waals surface area contributed by atoms with Crippen LogP contribution in [-0.2, 0) is 9.90 Å². The highest BCUT2D eigenvalue weighted by molar-refractivity contribution is 5.76. The number of piperazine rings is 1. The number of amides is 1. The Balaban J connectivity index is 2.23. The van der Waals surface area contributed by atoms with Crippen molar-refractivity contribution in [1.82, 2.24) is 9.80 Å². The van der Waals surface area contributed by atoms with E-state index < -0.39 is 0 Å². The molecule has 1 amide bonds. The number of hydrogen-bond donors (Lipinski definition) is 0. The average molecular weight is 185 g/mol. The van der Waals surface area contributed by atoms with Gasteiger partial charge in [-0.25, -0.2) is 5.11 Å². The molecule has 0 atom stereocenters. The van der Waals surface area contributed by atoms with Crippen molar-refractivity contribution in [2.75, 3.05) is 39.8 Å². The molecule has 1 radical (unpaired) electrons. The van der Waals surface area contributed by atoms with E-state index in [9.17, 15) is 9.90 Å². The van der Waals surface area contributed by atoms with Crippen LogP contribution in [0.25, 0.3) is 0 Å². The van der Waals surface area contributed by atoms with Gasteiger partial charge in [0.25, 0.3) is 0 Å². The van der Waals surface area contributed by atoms with Crippen LogP contribution in [0.2, 0.25) is 0 Å². The topological polar surface area (TPSA) is 43.5 Å². The zero-order chi connectivity index (χ0) is 9.68. The lowest BCUT2D eigenvalue weighted by molar-refractivity contribution is -0.133. The lowest BCUT2D eigenvalue weighted by atomic mass is 10.2. The zero-order valence-electron chi connectivity index (χ0n) is 8.16. The number of hydrogen-bond acceptors (Lipinski definition) is 2. The highest BCUT2D eigenvalue weighted by atomic mass is 16.3. The van der Waals surface area contributed by atoms with Gasteiger partial charge in [0, 0.05) is 32.6 Å². The van der Waals surface area contributed by atoms with E-state index in [1.165, 1.54) is 0 Å². The molecule has 0 spiro atoms. The van der Waals surface area contributed by atoms with Gasteiger partial charge in [-0.2, -0.15) is 0 Å². The molecule has 0 N–H and O–H groups in total. The van der Waals surface area contributed by atoms with Crippen molar-refractivity contribution < 1.29 is 9.90 Å². The second kappa shape index (κ2) is 5.19. The standard InChI is InChI=1S/C9H17N2O2/c1-10-4-6-11(7-5-10)9(13)3-2-8-12/h2-8H2,1H3. The molecule has 0 aliphatic carbocycles. The molecule has 0 bridgehead atoms. The summed E-state index contributed by atoms with van der Waals surface area (Å²) in [5.74, 6) is 0.143. The van der Waals surface area contributed by atoms with Gasteiger partial charge in [0.2, 0.25) is 5.91 Å². The molecule has 0 aromatic carbocycles. The summed E-state index contributed by atoms with van der Waals surface area (Å²) >= 11 is 0. The Morgan fingerprint density at radius 2 is 1.85 bits per heavy atom. The minimum absolute atomic E-state index is 0.139. The van der Waals surface area contributed by atoms with Crippen molar-refractivity contribution in [3.63, 3.8) is 0 Å². The van der Waals surface area contributed by atoms with Crippen LogP contribution in [0, 0.1) is 0 Å². The van der Waals surface area contributed by atoms with E-state index in [2.05, 4.69) is 11.9 Å². The molecule has 0 aromatic rings. The van der Waals surface area contributed by atoms with Crippen molar-refractivity contribution in [2.45, 2.75) is 12.8 Å². The van der Waals surface area contributed by atoms with E-state index in [0.29, 0.717) is 12.8 Å². The predicted octanol–water partition coefficient (Wildman–Crippen LogP) is -0.0289. The third kappa shape index (κ3) is 3.32.